The van der Waals surface area contributed by atoms with Gasteiger partial charge in [0, 0.05) is 13.1 Å². The molecule has 0 aromatic heterocycles. The Kier molecular flexibility index (Phi) is 3.92. The Labute approximate surface area is 95.8 Å². The van der Waals surface area contributed by atoms with Crippen LogP contribution in [0.5, 0.6) is 0 Å². The Morgan fingerprint density at radius 2 is 2.07 bits per heavy atom. The predicted octanol–water partition coefficient (Wildman–Crippen LogP) is 1.08. The van der Waals surface area contributed by atoms with Gasteiger partial charge in [0.25, 0.3) is 0 Å². The monoisotopic (exact) mass is 228 g/mol. The maximum atomic E-state index is 12.1. The number of carbonyl (C=O) groups is 1. The molecule has 2 aliphatic rings. The number of hydrogen-bond donors (Lipinski definition) is 1. The van der Waals surface area contributed by atoms with E-state index < -0.39 is 0 Å². The molecule has 1 atom stereocenters. The number of carbonyl (C=O) groups excluding carboxylic acids is 1. The van der Waals surface area contributed by atoms with Gasteiger partial charge in [-0.25, -0.2) is 0 Å². The minimum Gasteiger partial charge on any atom is -0.342 e. The second-order valence-corrected chi connectivity index (χ2v) is 5.82. The highest BCUT2D eigenvalue weighted by atomic mass is 32.2. The Bertz CT molecular complexity index is 221. The lowest BCUT2D eigenvalue weighted by atomic mass is 9.97. The van der Waals surface area contributed by atoms with Crippen LogP contribution in [0.4, 0.5) is 0 Å². The quantitative estimate of drug-likeness (QED) is 0.769. The van der Waals surface area contributed by atoms with Crippen LogP contribution in [-0.2, 0) is 4.79 Å². The summed E-state index contributed by atoms with van der Waals surface area (Å²) in [6.45, 7) is 2.63. The van der Waals surface area contributed by atoms with Crippen LogP contribution < -0.4 is 5.73 Å². The third kappa shape index (κ3) is 2.67. The molecule has 0 aliphatic carbocycles. The molecule has 0 radical (unpaired) electrons. The van der Waals surface area contributed by atoms with Gasteiger partial charge in [-0.15, -0.1) is 11.8 Å². The van der Waals surface area contributed by atoms with E-state index in [1.165, 1.54) is 6.42 Å². The van der Waals surface area contributed by atoms with Gasteiger partial charge in [0.05, 0.1) is 5.25 Å². The van der Waals surface area contributed by atoms with Gasteiger partial charge in [0.1, 0.15) is 0 Å². The van der Waals surface area contributed by atoms with Crippen molar-refractivity contribution in [2.45, 2.75) is 30.9 Å². The molecular formula is C11H20N2OS. The minimum absolute atomic E-state index is 0.263. The number of nitrogens with zero attached hydrogens (tertiary/aromatic N) is 1. The molecule has 2 heterocycles. The van der Waals surface area contributed by atoms with E-state index in [2.05, 4.69) is 4.90 Å². The maximum Gasteiger partial charge on any atom is 0.235 e. The van der Waals surface area contributed by atoms with E-state index in [0.717, 1.165) is 44.6 Å². The molecule has 15 heavy (non-hydrogen) atoms. The highest BCUT2D eigenvalue weighted by molar-refractivity contribution is 8.00. The van der Waals surface area contributed by atoms with Crippen molar-refractivity contribution in [3.63, 3.8) is 0 Å². The summed E-state index contributed by atoms with van der Waals surface area (Å²) >= 11 is 1.83. The van der Waals surface area contributed by atoms with Crippen LogP contribution in [0.25, 0.3) is 0 Å². The number of rotatable bonds is 2. The molecule has 86 valence electrons. The summed E-state index contributed by atoms with van der Waals surface area (Å²) in [6.07, 6.45) is 4.49. The van der Waals surface area contributed by atoms with Crippen LogP contribution in [0.15, 0.2) is 0 Å². The van der Waals surface area contributed by atoms with Crippen molar-refractivity contribution < 1.29 is 4.79 Å². The Hall–Kier alpha value is -0.220. The van der Waals surface area contributed by atoms with Gasteiger partial charge < -0.3 is 10.6 Å². The summed E-state index contributed by atoms with van der Waals surface area (Å²) in [6, 6.07) is 0. The van der Waals surface area contributed by atoms with Crippen LogP contribution in [0, 0.1) is 5.92 Å². The number of nitrogens with two attached hydrogens (primary N) is 1. The number of hydrogen-bond acceptors (Lipinski definition) is 3. The smallest absolute Gasteiger partial charge is 0.235 e. The van der Waals surface area contributed by atoms with E-state index >= 15 is 0 Å². The van der Waals surface area contributed by atoms with Gasteiger partial charge in [-0.05, 0) is 43.9 Å². The van der Waals surface area contributed by atoms with Gasteiger partial charge in [-0.1, -0.05) is 0 Å². The molecular weight excluding hydrogens is 208 g/mol. The number of likely N-dealkylation sites (tertiary alicyclic amines) is 1. The van der Waals surface area contributed by atoms with Gasteiger partial charge in [0.2, 0.25) is 5.91 Å². The molecule has 0 aromatic carbocycles. The summed E-state index contributed by atoms with van der Waals surface area (Å²) in [5.41, 5.74) is 5.64. The van der Waals surface area contributed by atoms with Crippen molar-refractivity contribution in [3.8, 4) is 0 Å². The first-order valence-electron chi connectivity index (χ1n) is 5.91. The van der Waals surface area contributed by atoms with Crippen LogP contribution in [-0.4, -0.2) is 41.4 Å². The lowest BCUT2D eigenvalue weighted by Crippen LogP contribution is -2.43. The van der Waals surface area contributed by atoms with Gasteiger partial charge in [-0.2, -0.15) is 0 Å². The van der Waals surface area contributed by atoms with Crippen molar-refractivity contribution in [2.75, 3.05) is 25.4 Å². The highest BCUT2D eigenvalue weighted by Crippen LogP contribution is 2.29. The minimum atomic E-state index is 0.263. The van der Waals surface area contributed by atoms with Crippen molar-refractivity contribution in [1.29, 1.82) is 0 Å². The molecule has 0 saturated carbocycles. The molecule has 2 rings (SSSR count). The van der Waals surface area contributed by atoms with Gasteiger partial charge in [-0.3, -0.25) is 4.79 Å². The number of amides is 1. The molecule has 1 unspecified atom stereocenters. The van der Waals surface area contributed by atoms with E-state index in [1.54, 1.807) is 0 Å². The van der Waals surface area contributed by atoms with Crippen LogP contribution in [0.2, 0.25) is 0 Å². The van der Waals surface area contributed by atoms with E-state index in [4.69, 9.17) is 5.73 Å². The fraction of sp³-hybridized carbons (Fsp3) is 0.909. The Balaban J connectivity index is 1.81. The molecule has 4 heteroatoms. The average Bonchev–Trinajstić information content (AvgIpc) is 2.82. The molecule has 0 aromatic rings. The molecule has 3 nitrogen and oxygen atoms in total. The zero-order chi connectivity index (χ0) is 10.7. The Morgan fingerprint density at radius 3 is 2.60 bits per heavy atom. The SMILES string of the molecule is NCC1CCN(C(=O)C2CCCS2)CC1. The molecule has 0 bridgehead atoms. The van der Waals surface area contributed by atoms with Gasteiger partial charge in [0.15, 0.2) is 0 Å². The van der Waals surface area contributed by atoms with Crippen LogP contribution in [0.3, 0.4) is 0 Å². The summed E-state index contributed by atoms with van der Waals surface area (Å²) in [5.74, 6) is 2.19. The lowest BCUT2D eigenvalue weighted by Gasteiger charge is -2.32. The number of piperidine rings is 1. The first kappa shape index (κ1) is 11.3. The first-order chi connectivity index (χ1) is 7.31. The van der Waals surface area contributed by atoms with E-state index in [9.17, 15) is 4.79 Å². The van der Waals surface area contributed by atoms with E-state index in [1.807, 2.05) is 11.8 Å². The van der Waals surface area contributed by atoms with Gasteiger partial charge >= 0.3 is 0 Å². The normalized spacial score (nSPS) is 28.3. The largest absolute Gasteiger partial charge is 0.342 e. The first-order valence-corrected chi connectivity index (χ1v) is 6.96. The fourth-order valence-electron chi connectivity index (χ4n) is 2.37. The molecule has 2 N–H and O–H groups in total. The Morgan fingerprint density at radius 1 is 1.33 bits per heavy atom. The van der Waals surface area contributed by atoms with Crippen molar-refractivity contribution >= 4 is 17.7 Å². The third-order valence-corrected chi connectivity index (χ3v) is 4.83. The van der Waals surface area contributed by atoms with Crippen molar-refractivity contribution in [2.24, 2.45) is 11.7 Å². The summed E-state index contributed by atoms with van der Waals surface area (Å²) in [4.78, 5) is 14.1. The standard InChI is InChI=1S/C11H20N2OS/c12-8-9-3-5-13(6-4-9)11(14)10-2-1-7-15-10/h9-10H,1-8,12H2. The summed E-state index contributed by atoms with van der Waals surface area (Å²) in [5, 5.41) is 0.263. The van der Waals surface area contributed by atoms with Crippen LogP contribution in [0.1, 0.15) is 25.7 Å². The van der Waals surface area contributed by atoms with E-state index in [0.29, 0.717) is 11.8 Å². The van der Waals surface area contributed by atoms with Crippen LogP contribution >= 0.6 is 11.8 Å². The van der Waals surface area contributed by atoms with E-state index in [-0.39, 0.29) is 5.25 Å². The zero-order valence-electron chi connectivity index (χ0n) is 9.15. The second kappa shape index (κ2) is 5.21. The second-order valence-electron chi connectivity index (χ2n) is 4.51. The van der Waals surface area contributed by atoms with Crippen molar-refractivity contribution in [3.05, 3.63) is 0 Å². The highest BCUT2D eigenvalue weighted by Gasteiger charge is 2.29. The number of thioether (sulfide) groups is 1. The molecule has 2 aliphatic heterocycles. The zero-order valence-corrected chi connectivity index (χ0v) is 9.97. The maximum absolute atomic E-state index is 12.1. The van der Waals surface area contributed by atoms with Crippen molar-refractivity contribution in [1.82, 2.24) is 4.90 Å². The fourth-order valence-corrected chi connectivity index (χ4v) is 3.61. The lowest BCUT2D eigenvalue weighted by molar-refractivity contribution is -0.131. The summed E-state index contributed by atoms with van der Waals surface area (Å²) < 4.78 is 0. The molecule has 1 amide bonds. The summed E-state index contributed by atoms with van der Waals surface area (Å²) in [7, 11) is 0. The topological polar surface area (TPSA) is 46.3 Å². The molecule has 2 saturated heterocycles. The third-order valence-electron chi connectivity index (χ3n) is 3.46. The molecule has 2 fully saturated rings. The predicted molar refractivity (Wildman–Crippen MR) is 63.8 cm³/mol. The average molecular weight is 228 g/mol. The molecule has 0 spiro atoms.